The fourth-order valence-corrected chi connectivity index (χ4v) is 5.96. The number of fused-ring (bicyclic) bond motifs is 1. The Morgan fingerprint density at radius 1 is 1.03 bits per heavy atom. The molecule has 0 spiro atoms. The maximum atomic E-state index is 13.7. The lowest BCUT2D eigenvalue weighted by atomic mass is 9.95. The largest absolute Gasteiger partial charge is 0.322 e. The standard InChI is InChI=1S/C24H29FN4O4S/c1-17(22(30)29-21-8-5-4-7-20(21)26-23(31)24(29,2)3)27-13-6-14-28(16-15-27)34(32,33)19-11-9-18(25)10-12-19/h4-5,7-12,17H,6,13-16H2,1-3H3,(H,26,31)/t17-/m0/s1. The highest BCUT2D eigenvalue weighted by Gasteiger charge is 2.45. The molecule has 4 rings (SSSR count). The molecular formula is C24H29FN4O4S. The van der Waals surface area contributed by atoms with E-state index in [0.717, 1.165) is 12.1 Å². The molecule has 1 saturated heterocycles. The van der Waals surface area contributed by atoms with Crippen LogP contribution in [0.2, 0.25) is 0 Å². The summed E-state index contributed by atoms with van der Waals surface area (Å²) in [6, 6.07) is 11.4. The van der Waals surface area contributed by atoms with Gasteiger partial charge in [0.15, 0.2) is 0 Å². The molecule has 0 bridgehead atoms. The molecule has 0 unspecified atom stereocenters. The maximum absolute atomic E-state index is 13.7. The van der Waals surface area contributed by atoms with E-state index in [1.165, 1.54) is 16.4 Å². The molecule has 10 heteroatoms. The van der Waals surface area contributed by atoms with E-state index < -0.39 is 27.4 Å². The highest BCUT2D eigenvalue weighted by molar-refractivity contribution is 7.89. The molecule has 1 fully saturated rings. The average Bonchev–Trinajstić information content (AvgIpc) is 3.06. The van der Waals surface area contributed by atoms with Gasteiger partial charge in [-0.2, -0.15) is 4.31 Å². The van der Waals surface area contributed by atoms with Crippen LogP contribution in [0.25, 0.3) is 0 Å². The van der Waals surface area contributed by atoms with Crippen molar-refractivity contribution in [2.75, 3.05) is 36.4 Å². The van der Waals surface area contributed by atoms with Crippen LogP contribution in [0.15, 0.2) is 53.4 Å². The molecule has 0 aromatic heterocycles. The van der Waals surface area contributed by atoms with Gasteiger partial charge >= 0.3 is 0 Å². The van der Waals surface area contributed by atoms with Gasteiger partial charge in [0.25, 0.3) is 0 Å². The Kier molecular flexibility index (Phi) is 6.50. The van der Waals surface area contributed by atoms with Gasteiger partial charge in [-0.1, -0.05) is 12.1 Å². The molecule has 2 aromatic carbocycles. The molecule has 1 atom stereocenters. The van der Waals surface area contributed by atoms with E-state index in [4.69, 9.17) is 0 Å². The third-order valence-corrected chi connectivity index (χ3v) is 8.49. The Morgan fingerprint density at radius 2 is 1.71 bits per heavy atom. The minimum absolute atomic E-state index is 0.0455. The molecule has 2 aliphatic rings. The molecule has 8 nitrogen and oxygen atoms in total. The Morgan fingerprint density at radius 3 is 2.41 bits per heavy atom. The maximum Gasteiger partial charge on any atom is 0.250 e. The van der Waals surface area contributed by atoms with Crippen molar-refractivity contribution in [3.63, 3.8) is 0 Å². The van der Waals surface area contributed by atoms with Crippen LogP contribution in [-0.2, 0) is 19.6 Å². The summed E-state index contributed by atoms with van der Waals surface area (Å²) < 4.78 is 40.7. The van der Waals surface area contributed by atoms with Crippen LogP contribution < -0.4 is 10.2 Å². The summed E-state index contributed by atoms with van der Waals surface area (Å²) in [5, 5.41) is 2.86. The number of halogens is 1. The van der Waals surface area contributed by atoms with Crippen molar-refractivity contribution in [1.29, 1.82) is 0 Å². The summed E-state index contributed by atoms with van der Waals surface area (Å²) in [5.74, 6) is -0.981. The van der Waals surface area contributed by atoms with Crippen molar-refractivity contribution in [3.05, 3.63) is 54.3 Å². The zero-order valence-electron chi connectivity index (χ0n) is 19.5. The zero-order chi connectivity index (χ0) is 24.7. The molecule has 0 radical (unpaired) electrons. The van der Waals surface area contributed by atoms with E-state index in [1.54, 1.807) is 43.9 Å². The van der Waals surface area contributed by atoms with Crippen LogP contribution in [0.1, 0.15) is 27.2 Å². The molecular weight excluding hydrogens is 459 g/mol. The second kappa shape index (κ2) is 9.09. The predicted molar refractivity (Wildman–Crippen MR) is 127 cm³/mol. The number of para-hydroxylation sites is 2. The van der Waals surface area contributed by atoms with Gasteiger partial charge in [-0.25, -0.2) is 12.8 Å². The van der Waals surface area contributed by atoms with E-state index in [1.807, 2.05) is 11.0 Å². The highest BCUT2D eigenvalue weighted by atomic mass is 32.2. The number of anilines is 2. The molecule has 2 amide bonds. The first-order valence-electron chi connectivity index (χ1n) is 11.3. The summed E-state index contributed by atoms with van der Waals surface area (Å²) in [5.41, 5.74) is 0.142. The van der Waals surface area contributed by atoms with Gasteiger partial charge in [0.2, 0.25) is 21.8 Å². The first kappa shape index (κ1) is 24.3. The van der Waals surface area contributed by atoms with Crippen molar-refractivity contribution >= 4 is 33.2 Å². The SMILES string of the molecule is C[C@@H](C(=O)N1c2ccccc2NC(=O)C1(C)C)N1CCCN(S(=O)(=O)c2ccc(F)cc2)CC1. The summed E-state index contributed by atoms with van der Waals surface area (Å²) in [4.78, 5) is 30.0. The van der Waals surface area contributed by atoms with E-state index in [9.17, 15) is 22.4 Å². The minimum Gasteiger partial charge on any atom is -0.322 e. The van der Waals surface area contributed by atoms with E-state index in [0.29, 0.717) is 37.4 Å². The van der Waals surface area contributed by atoms with Crippen molar-refractivity contribution < 1.29 is 22.4 Å². The number of carbonyl (C=O) groups excluding carboxylic acids is 2. The van der Waals surface area contributed by atoms with Gasteiger partial charge in [0.05, 0.1) is 22.3 Å². The molecule has 34 heavy (non-hydrogen) atoms. The van der Waals surface area contributed by atoms with Crippen LogP contribution in [0.5, 0.6) is 0 Å². The molecule has 1 N–H and O–H groups in total. The molecule has 2 aromatic rings. The van der Waals surface area contributed by atoms with Gasteiger partial charge in [-0.15, -0.1) is 0 Å². The number of carbonyl (C=O) groups is 2. The quantitative estimate of drug-likeness (QED) is 0.715. The van der Waals surface area contributed by atoms with Crippen LogP contribution in [0.4, 0.5) is 15.8 Å². The van der Waals surface area contributed by atoms with Gasteiger partial charge in [-0.05, 0) is 63.6 Å². The Hall–Kier alpha value is -2.82. The van der Waals surface area contributed by atoms with E-state index in [2.05, 4.69) is 5.32 Å². The molecule has 0 saturated carbocycles. The van der Waals surface area contributed by atoms with Gasteiger partial charge in [-0.3, -0.25) is 19.4 Å². The van der Waals surface area contributed by atoms with Crippen molar-refractivity contribution in [2.24, 2.45) is 0 Å². The van der Waals surface area contributed by atoms with Crippen LogP contribution >= 0.6 is 0 Å². The first-order chi connectivity index (χ1) is 16.0. The number of benzene rings is 2. The van der Waals surface area contributed by atoms with Crippen LogP contribution in [0.3, 0.4) is 0 Å². The fraction of sp³-hybridized carbons (Fsp3) is 0.417. The Balaban J connectivity index is 1.53. The number of nitrogens with one attached hydrogen (secondary N) is 1. The molecule has 0 aliphatic carbocycles. The van der Waals surface area contributed by atoms with Gasteiger partial charge < -0.3 is 5.32 Å². The lowest BCUT2D eigenvalue weighted by Gasteiger charge is -2.44. The second-order valence-electron chi connectivity index (χ2n) is 9.13. The van der Waals surface area contributed by atoms with Crippen LogP contribution in [0, 0.1) is 5.82 Å². The third-order valence-electron chi connectivity index (χ3n) is 6.57. The average molecular weight is 489 g/mol. The summed E-state index contributed by atoms with van der Waals surface area (Å²) in [6.45, 7) is 6.61. The topological polar surface area (TPSA) is 90.0 Å². The number of hydrogen-bond donors (Lipinski definition) is 1. The smallest absolute Gasteiger partial charge is 0.250 e. The Bertz CT molecular complexity index is 1200. The fourth-order valence-electron chi connectivity index (χ4n) is 4.49. The molecule has 2 heterocycles. The number of sulfonamides is 1. The molecule has 182 valence electrons. The lowest BCUT2D eigenvalue weighted by Crippen LogP contribution is -2.62. The summed E-state index contributed by atoms with van der Waals surface area (Å²) in [6.07, 6.45) is 0.540. The van der Waals surface area contributed by atoms with Crippen molar-refractivity contribution in [2.45, 2.75) is 43.7 Å². The normalized spacial score (nSPS) is 20.2. The second-order valence-corrected chi connectivity index (χ2v) is 11.1. The number of amides is 2. The number of hydrogen-bond acceptors (Lipinski definition) is 5. The number of nitrogens with zero attached hydrogens (tertiary/aromatic N) is 3. The Labute approximate surface area is 199 Å². The number of rotatable bonds is 4. The van der Waals surface area contributed by atoms with Crippen molar-refractivity contribution in [1.82, 2.24) is 9.21 Å². The van der Waals surface area contributed by atoms with Crippen LogP contribution in [-0.4, -0.2) is 67.2 Å². The van der Waals surface area contributed by atoms with Crippen molar-refractivity contribution in [3.8, 4) is 0 Å². The van der Waals surface area contributed by atoms with E-state index in [-0.39, 0.29) is 23.3 Å². The monoisotopic (exact) mass is 488 g/mol. The first-order valence-corrected chi connectivity index (χ1v) is 12.7. The van der Waals surface area contributed by atoms with Gasteiger partial charge in [0.1, 0.15) is 11.4 Å². The lowest BCUT2D eigenvalue weighted by molar-refractivity contribution is -0.129. The zero-order valence-corrected chi connectivity index (χ0v) is 20.3. The summed E-state index contributed by atoms with van der Waals surface area (Å²) >= 11 is 0. The highest BCUT2D eigenvalue weighted by Crippen LogP contribution is 2.37. The predicted octanol–water partition coefficient (Wildman–Crippen LogP) is 2.67. The third kappa shape index (κ3) is 4.33. The molecule has 2 aliphatic heterocycles. The van der Waals surface area contributed by atoms with E-state index >= 15 is 0 Å². The summed E-state index contributed by atoms with van der Waals surface area (Å²) in [7, 11) is -3.77. The minimum atomic E-state index is -3.77. The van der Waals surface area contributed by atoms with Gasteiger partial charge in [0, 0.05) is 26.2 Å².